The van der Waals surface area contributed by atoms with Crippen molar-refractivity contribution in [3.63, 3.8) is 0 Å². The first kappa shape index (κ1) is 16.0. The van der Waals surface area contributed by atoms with Gasteiger partial charge in [0, 0.05) is 32.6 Å². The number of nitrogens with zero attached hydrogens (tertiary/aromatic N) is 2. The molecule has 0 spiro atoms. The van der Waals surface area contributed by atoms with E-state index < -0.39 is 10.0 Å². The lowest BCUT2D eigenvalue weighted by molar-refractivity contribution is -0.132. The molecule has 116 valence electrons. The lowest BCUT2D eigenvalue weighted by atomic mass is 10.1. The molecule has 6 heteroatoms. The van der Waals surface area contributed by atoms with Crippen molar-refractivity contribution in [2.45, 2.75) is 26.0 Å². The van der Waals surface area contributed by atoms with Gasteiger partial charge in [-0.05, 0) is 18.1 Å². The first-order valence-corrected chi connectivity index (χ1v) is 8.85. The van der Waals surface area contributed by atoms with Crippen LogP contribution in [0.4, 0.5) is 0 Å². The Morgan fingerprint density at radius 2 is 1.76 bits per heavy atom. The summed E-state index contributed by atoms with van der Waals surface area (Å²) in [5.74, 6) is 0.118. The molecule has 0 aliphatic carbocycles. The number of rotatable bonds is 4. The maximum absolute atomic E-state index is 12.5. The molecule has 1 heterocycles. The van der Waals surface area contributed by atoms with E-state index in [1.165, 1.54) is 4.31 Å². The molecule has 0 aromatic heterocycles. The highest BCUT2D eigenvalue weighted by molar-refractivity contribution is 7.88. The Balaban J connectivity index is 2.02. The number of carbonyl (C=O) groups excluding carboxylic acids is 1. The zero-order valence-electron chi connectivity index (χ0n) is 12.6. The average Bonchev–Trinajstić information content (AvgIpc) is 2.49. The second-order valence-electron chi connectivity index (χ2n) is 5.32. The normalized spacial score (nSPS) is 17.0. The molecule has 0 unspecified atom stereocenters. The number of sulfonamides is 1. The molecule has 1 aromatic carbocycles. The molecule has 0 saturated carbocycles. The minimum Gasteiger partial charge on any atom is -0.340 e. The van der Waals surface area contributed by atoms with Crippen molar-refractivity contribution in [1.29, 1.82) is 0 Å². The Kier molecular flexibility index (Phi) is 5.00. The van der Waals surface area contributed by atoms with Crippen molar-refractivity contribution in [2.75, 3.05) is 26.2 Å². The highest BCUT2D eigenvalue weighted by Gasteiger charge is 2.28. The van der Waals surface area contributed by atoms with Gasteiger partial charge in [0.05, 0.1) is 5.75 Å². The van der Waals surface area contributed by atoms with Crippen LogP contribution < -0.4 is 0 Å². The summed E-state index contributed by atoms with van der Waals surface area (Å²) in [7, 11) is -3.32. The van der Waals surface area contributed by atoms with Gasteiger partial charge in [-0.25, -0.2) is 8.42 Å². The Hall–Kier alpha value is -1.40. The fourth-order valence-electron chi connectivity index (χ4n) is 2.50. The van der Waals surface area contributed by atoms with Crippen LogP contribution in [-0.4, -0.2) is 49.7 Å². The van der Waals surface area contributed by atoms with Crippen LogP contribution in [0, 0.1) is 6.92 Å². The Morgan fingerprint density at radius 3 is 2.33 bits per heavy atom. The minimum absolute atomic E-state index is 0.0292. The lowest BCUT2D eigenvalue weighted by Gasteiger charge is -2.34. The van der Waals surface area contributed by atoms with E-state index in [0.717, 1.165) is 11.1 Å². The smallest absolute Gasteiger partial charge is 0.222 e. The predicted molar refractivity (Wildman–Crippen MR) is 82.2 cm³/mol. The molecule has 2 rings (SSSR count). The molecule has 1 aliphatic heterocycles. The Morgan fingerprint density at radius 1 is 1.14 bits per heavy atom. The third-order valence-corrected chi connectivity index (χ3v) is 5.71. The quantitative estimate of drug-likeness (QED) is 0.844. The highest BCUT2D eigenvalue weighted by atomic mass is 32.2. The third-order valence-electron chi connectivity index (χ3n) is 3.89. The number of aryl methyl sites for hydroxylation is 1. The minimum atomic E-state index is -3.32. The van der Waals surface area contributed by atoms with E-state index in [9.17, 15) is 13.2 Å². The number of benzene rings is 1. The van der Waals surface area contributed by atoms with Crippen molar-refractivity contribution in [1.82, 2.24) is 9.21 Å². The molecule has 21 heavy (non-hydrogen) atoms. The molecule has 1 amide bonds. The van der Waals surface area contributed by atoms with Crippen LogP contribution in [0.25, 0.3) is 0 Å². The Bertz CT molecular complexity index is 605. The largest absolute Gasteiger partial charge is 0.340 e. The third kappa shape index (κ3) is 3.83. The maximum atomic E-state index is 12.5. The standard InChI is InChI=1S/C15H22N2O3S/c1-3-15(18)16-8-10-17(11-9-16)21(19,20)12-14-7-5-4-6-13(14)2/h4-7H,3,8-12H2,1-2H3. The van der Waals surface area contributed by atoms with Crippen molar-refractivity contribution >= 4 is 15.9 Å². The molecule has 0 bridgehead atoms. The van der Waals surface area contributed by atoms with Crippen molar-refractivity contribution < 1.29 is 13.2 Å². The lowest BCUT2D eigenvalue weighted by Crippen LogP contribution is -2.50. The summed E-state index contributed by atoms with van der Waals surface area (Å²) in [4.78, 5) is 13.4. The van der Waals surface area contributed by atoms with Crippen LogP contribution in [0.1, 0.15) is 24.5 Å². The highest BCUT2D eigenvalue weighted by Crippen LogP contribution is 2.16. The summed E-state index contributed by atoms with van der Waals surface area (Å²) in [5, 5.41) is 0. The van der Waals surface area contributed by atoms with Gasteiger partial charge in [0.1, 0.15) is 0 Å². The van der Waals surface area contributed by atoms with Crippen LogP contribution in [0.15, 0.2) is 24.3 Å². The summed E-state index contributed by atoms with van der Waals surface area (Å²) in [5.41, 5.74) is 1.82. The molecule has 1 aromatic rings. The number of amides is 1. The molecule has 1 fully saturated rings. The van der Waals surface area contributed by atoms with E-state index in [1.807, 2.05) is 38.1 Å². The molecular formula is C15H22N2O3S. The van der Waals surface area contributed by atoms with Crippen LogP contribution >= 0.6 is 0 Å². The van der Waals surface area contributed by atoms with Crippen molar-refractivity contribution in [3.8, 4) is 0 Å². The topological polar surface area (TPSA) is 57.7 Å². The zero-order chi connectivity index (χ0) is 15.5. The maximum Gasteiger partial charge on any atom is 0.222 e. The second kappa shape index (κ2) is 6.58. The van der Waals surface area contributed by atoms with Gasteiger partial charge in [0.25, 0.3) is 0 Å². The summed E-state index contributed by atoms with van der Waals surface area (Å²) < 4.78 is 26.5. The van der Waals surface area contributed by atoms with E-state index >= 15 is 0 Å². The van der Waals surface area contributed by atoms with Crippen LogP contribution in [-0.2, 0) is 20.6 Å². The number of carbonyl (C=O) groups is 1. The summed E-state index contributed by atoms with van der Waals surface area (Å²) in [6.45, 7) is 5.49. The Labute approximate surface area is 126 Å². The van der Waals surface area contributed by atoms with Gasteiger partial charge >= 0.3 is 0 Å². The predicted octanol–water partition coefficient (Wildman–Crippen LogP) is 1.38. The van der Waals surface area contributed by atoms with Crippen LogP contribution in [0.3, 0.4) is 0 Å². The first-order chi connectivity index (χ1) is 9.94. The van der Waals surface area contributed by atoms with Crippen molar-refractivity contribution in [3.05, 3.63) is 35.4 Å². The van der Waals surface area contributed by atoms with Crippen LogP contribution in [0.5, 0.6) is 0 Å². The van der Waals surface area contributed by atoms with Gasteiger partial charge in [0.2, 0.25) is 15.9 Å². The van der Waals surface area contributed by atoms with Gasteiger partial charge in [-0.1, -0.05) is 31.2 Å². The van der Waals surface area contributed by atoms with Gasteiger partial charge in [-0.3, -0.25) is 4.79 Å². The van der Waals surface area contributed by atoms with E-state index in [-0.39, 0.29) is 11.7 Å². The molecular weight excluding hydrogens is 288 g/mol. The van der Waals surface area contributed by atoms with Gasteiger partial charge in [0.15, 0.2) is 0 Å². The first-order valence-electron chi connectivity index (χ1n) is 7.24. The SMILES string of the molecule is CCC(=O)N1CCN(S(=O)(=O)Cc2ccccc2C)CC1. The van der Waals surface area contributed by atoms with Gasteiger partial charge in [-0.15, -0.1) is 0 Å². The monoisotopic (exact) mass is 310 g/mol. The van der Waals surface area contributed by atoms with E-state index in [2.05, 4.69) is 0 Å². The van der Waals surface area contributed by atoms with E-state index in [1.54, 1.807) is 4.90 Å². The molecule has 0 N–H and O–H groups in total. The summed E-state index contributed by atoms with van der Waals surface area (Å²) >= 11 is 0. The van der Waals surface area contributed by atoms with Gasteiger partial charge in [-0.2, -0.15) is 4.31 Å². The summed E-state index contributed by atoms with van der Waals surface area (Å²) in [6.07, 6.45) is 0.468. The molecule has 0 atom stereocenters. The second-order valence-corrected chi connectivity index (χ2v) is 7.28. The van der Waals surface area contributed by atoms with E-state index in [4.69, 9.17) is 0 Å². The molecule has 0 radical (unpaired) electrons. The fraction of sp³-hybridized carbons (Fsp3) is 0.533. The average molecular weight is 310 g/mol. The molecule has 1 saturated heterocycles. The van der Waals surface area contributed by atoms with Crippen LogP contribution in [0.2, 0.25) is 0 Å². The molecule has 1 aliphatic rings. The van der Waals surface area contributed by atoms with E-state index in [0.29, 0.717) is 32.6 Å². The fourth-order valence-corrected chi connectivity index (χ4v) is 4.12. The number of piperazine rings is 1. The van der Waals surface area contributed by atoms with Crippen molar-refractivity contribution in [2.24, 2.45) is 0 Å². The summed E-state index contributed by atoms with van der Waals surface area (Å²) in [6, 6.07) is 7.53. The zero-order valence-corrected chi connectivity index (χ0v) is 13.4. The number of hydrogen-bond donors (Lipinski definition) is 0. The van der Waals surface area contributed by atoms with Gasteiger partial charge < -0.3 is 4.90 Å². The number of hydrogen-bond acceptors (Lipinski definition) is 3. The molecule has 5 nitrogen and oxygen atoms in total.